The van der Waals surface area contributed by atoms with E-state index in [0.717, 1.165) is 22.3 Å². The summed E-state index contributed by atoms with van der Waals surface area (Å²) in [6.45, 7) is 0. The number of nitriles is 1. The van der Waals surface area contributed by atoms with Gasteiger partial charge < -0.3 is 0 Å². The zero-order valence-electron chi connectivity index (χ0n) is 15.7. The van der Waals surface area contributed by atoms with Crippen LogP contribution in [0.15, 0.2) is 72.8 Å². The second-order valence-corrected chi connectivity index (χ2v) is 8.63. The zero-order valence-corrected chi connectivity index (χ0v) is 16.5. The molecule has 0 spiro atoms. The fraction of sp³-hybridized carbons (Fsp3) is 0.160. The first-order valence-electron chi connectivity index (χ1n) is 9.83. The summed E-state index contributed by atoms with van der Waals surface area (Å²) in [5.74, 6) is -1.93. The molecule has 0 unspecified atom stereocenters. The highest BCUT2D eigenvalue weighted by Crippen LogP contribution is 2.65. The average Bonchev–Trinajstić information content (AvgIpc) is 3.06. The number of rotatable bonds is 1. The Morgan fingerprint density at radius 2 is 1.40 bits per heavy atom. The summed E-state index contributed by atoms with van der Waals surface area (Å²) in [5.41, 5.74) is 4.83. The van der Waals surface area contributed by atoms with E-state index in [9.17, 15) is 9.59 Å². The molecule has 30 heavy (non-hydrogen) atoms. The number of imide groups is 1. The third kappa shape index (κ3) is 1.91. The van der Waals surface area contributed by atoms with Crippen LogP contribution >= 0.6 is 11.6 Å². The van der Waals surface area contributed by atoms with Gasteiger partial charge in [-0.05, 0) is 46.5 Å². The van der Waals surface area contributed by atoms with Crippen LogP contribution in [-0.4, -0.2) is 11.8 Å². The molecule has 3 aliphatic carbocycles. The van der Waals surface area contributed by atoms with E-state index in [0.29, 0.717) is 11.3 Å². The van der Waals surface area contributed by atoms with E-state index in [1.165, 1.54) is 4.90 Å². The van der Waals surface area contributed by atoms with Gasteiger partial charge in [0, 0.05) is 5.92 Å². The van der Waals surface area contributed by atoms with Crippen molar-refractivity contribution in [2.75, 3.05) is 4.90 Å². The van der Waals surface area contributed by atoms with E-state index in [4.69, 9.17) is 16.9 Å². The van der Waals surface area contributed by atoms with Crippen LogP contribution in [0.5, 0.6) is 0 Å². The van der Waals surface area contributed by atoms with Gasteiger partial charge in [-0.3, -0.25) is 9.59 Å². The van der Waals surface area contributed by atoms with Crippen LogP contribution < -0.4 is 4.90 Å². The van der Waals surface area contributed by atoms with Crippen molar-refractivity contribution in [3.8, 4) is 6.07 Å². The SMILES string of the molecule is N#Cc1ccc(N2C(=O)[C@@H]3[C@@H](C2=O)C2c4ccccc4C3(Cl)c3ccccc32)cc1. The first-order valence-corrected chi connectivity index (χ1v) is 10.2. The molecule has 1 heterocycles. The van der Waals surface area contributed by atoms with Crippen LogP contribution in [0.3, 0.4) is 0 Å². The van der Waals surface area contributed by atoms with Gasteiger partial charge in [0.25, 0.3) is 0 Å². The first-order chi connectivity index (χ1) is 14.6. The fourth-order valence-electron chi connectivity index (χ4n) is 5.62. The van der Waals surface area contributed by atoms with Gasteiger partial charge in [0.15, 0.2) is 0 Å². The molecule has 2 bridgehead atoms. The number of carbonyl (C=O) groups excluding carboxylic acids is 2. The molecule has 4 aliphatic rings. The molecule has 1 aliphatic heterocycles. The van der Waals surface area contributed by atoms with Crippen molar-refractivity contribution in [1.82, 2.24) is 0 Å². The lowest BCUT2D eigenvalue weighted by Crippen LogP contribution is -2.50. The molecule has 1 saturated heterocycles. The van der Waals surface area contributed by atoms with Crippen molar-refractivity contribution in [2.45, 2.75) is 10.8 Å². The number of hydrogen-bond acceptors (Lipinski definition) is 3. The summed E-state index contributed by atoms with van der Waals surface area (Å²) in [4.78, 5) is 27.5. The van der Waals surface area contributed by atoms with Crippen LogP contribution in [-0.2, 0) is 14.5 Å². The Balaban J connectivity index is 1.58. The molecule has 2 atom stereocenters. The number of benzene rings is 3. The third-order valence-electron chi connectivity index (χ3n) is 6.77. The highest BCUT2D eigenvalue weighted by atomic mass is 35.5. The van der Waals surface area contributed by atoms with Gasteiger partial charge in [-0.15, -0.1) is 11.6 Å². The summed E-state index contributed by atoms with van der Waals surface area (Å²) in [6.07, 6.45) is 0. The van der Waals surface area contributed by atoms with Crippen molar-refractivity contribution in [3.63, 3.8) is 0 Å². The Hall–Kier alpha value is -3.42. The van der Waals surface area contributed by atoms with Crippen molar-refractivity contribution in [2.24, 2.45) is 11.8 Å². The van der Waals surface area contributed by atoms with E-state index in [2.05, 4.69) is 6.07 Å². The maximum Gasteiger partial charge on any atom is 0.240 e. The third-order valence-corrected chi connectivity index (χ3v) is 7.41. The number of amides is 2. The summed E-state index contributed by atoms with van der Waals surface area (Å²) in [6, 6.07) is 24.4. The molecule has 3 aromatic rings. The summed E-state index contributed by atoms with van der Waals surface area (Å²) < 4.78 is 0. The van der Waals surface area contributed by atoms with Gasteiger partial charge in [0.2, 0.25) is 11.8 Å². The molecule has 2 amide bonds. The Morgan fingerprint density at radius 1 is 0.833 bits per heavy atom. The highest BCUT2D eigenvalue weighted by molar-refractivity contribution is 6.33. The predicted octanol–water partition coefficient (Wildman–Crippen LogP) is 4.31. The monoisotopic (exact) mass is 410 g/mol. The highest BCUT2D eigenvalue weighted by Gasteiger charge is 2.67. The number of hydrogen-bond donors (Lipinski definition) is 0. The summed E-state index contributed by atoms with van der Waals surface area (Å²) in [5, 5.41) is 9.06. The van der Waals surface area contributed by atoms with Crippen LogP contribution in [0.25, 0.3) is 0 Å². The Labute approximate surface area is 178 Å². The number of nitrogens with zero attached hydrogens (tertiary/aromatic N) is 2. The second kappa shape index (κ2) is 5.81. The smallest absolute Gasteiger partial charge is 0.240 e. The minimum absolute atomic E-state index is 0.206. The predicted molar refractivity (Wildman–Crippen MR) is 112 cm³/mol. The largest absolute Gasteiger partial charge is 0.274 e. The van der Waals surface area contributed by atoms with E-state index >= 15 is 0 Å². The zero-order chi connectivity index (χ0) is 20.6. The topological polar surface area (TPSA) is 61.2 Å². The van der Waals surface area contributed by atoms with Crippen LogP contribution in [0, 0.1) is 23.2 Å². The molecular formula is C25H15ClN2O2. The molecule has 4 nitrogen and oxygen atoms in total. The molecule has 0 N–H and O–H groups in total. The van der Waals surface area contributed by atoms with Crippen LogP contribution in [0.4, 0.5) is 5.69 Å². The van der Waals surface area contributed by atoms with E-state index < -0.39 is 16.7 Å². The molecule has 3 aromatic carbocycles. The lowest BCUT2D eigenvalue weighted by atomic mass is 9.54. The van der Waals surface area contributed by atoms with Crippen molar-refractivity contribution < 1.29 is 9.59 Å². The van der Waals surface area contributed by atoms with Crippen molar-refractivity contribution in [1.29, 1.82) is 5.26 Å². The second-order valence-electron chi connectivity index (χ2n) is 8.04. The Morgan fingerprint density at radius 3 is 1.97 bits per heavy atom. The van der Waals surface area contributed by atoms with Gasteiger partial charge in [0.1, 0.15) is 4.87 Å². The van der Waals surface area contributed by atoms with Gasteiger partial charge in [0.05, 0.1) is 29.2 Å². The normalized spacial score (nSPS) is 28.0. The van der Waals surface area contributed by atoms with Gasteiger partial charge in [-0.25, -0.2) is 4.90 Å². The molecule has 0 radical (unpaired) electrons. The Bertz CT molecular complexity index is 1240. The first kappa shape index (κ1) is 17.4. The van der Waals surface area contributed by atoms with Crippen LogP contribution in [0.2, 0.25) is 0 Å². The molecule has 0 saturated carbocycles. The van der Waals surface area contributed by atoms with E-state index in [-0.39, 0.29) is 17.7 Å². The Kier molecular flexibility index (Phi) is 3.38. The standard InChI is InChI=1S/C25H15ClN2O2/c26-25-18-7-3-1-5-16(18)20(17-6-2-4-8-19(17)25)21-22(25)24(30)28(23(21)29)15-11-9-14(13-27)10-12-15/h1-12,20-22H/t20?,21-,22-,25?/m0/s1. The lowest BCUT2D eigenvalue weighted by Gasteiger charge is -2.50. The van der Waals surface area contributed by atoms with E-state index in [1.54, 1.807) is 24.3 Å². The van der Waals surface area contributed by atoms with Crippen molar-refractivity contribution in [3.05, 3.63) is 101 Å². The minimum atomic E-state index is -1.08. The maximum atomic E-state index is 13.7. The molecule has 7 rings (SSSR count). The molecule has 144 valence electrons. The fourth-order valence-corrected chi connectivity index (χ4v) is 6.19. The van der Waals surface area contributed by atoms with Gasteiger partial charge in [-0.1, -0.05) is 48.5 Å². The van der Waals surface area contributed by atoms with Crippen molar-refractivity contribution >= 4 is 29.1 Å². The van der Waals surface area contributed by atoms with Gasteiger partial charge in [-0.2, -0.15) is 5.26 Å². The number of halogens is 1. The molecule has 5 heteroatoms. The molecular weight excluding hydrogens is 396 g/mol. The summed E-state index contributed by atoms with van der Waals surface area (Å²) >= 11 is 7.38. The van der Waals surface area contributed by atoms with E-state index in [1.807, 2.05) is 48.5 Å². The molecule has 1 fully saturated rings. The quantitative estimate of drug-likeness (QED) is 0.443. The minimum Gasteiger partial charge on any atom is -0.274 e. The number of alkyl halides is 1. The van der Waals surface area contributed by atoms with Crippen LogP contribution in [0.1, 0.15) is 33.7 Å². The molecule has 0 aromatic heterocycles. The number of carbonyl (C=O) groups is 2. The summed E-state index contributed by atoms with van der Waals surface area (Å²) in [7, 11) is 0. The average molecular weight is 411 g/mol. The number of anilines is 1. The lowest BCUT2D eigenvalue weighted by molar-refractivity contribution is -0.122. The van der Waals surface area contributed by atoms with Gasteiger partial charge >= 0.3 is 0 Å². The maximum absolute atomic E-state index is 13.7.